The minimum absolute atomic E-state index is 0.0261. The minimum atomic E-state index is -0.452. The Morgan fingerprint density at radius 1 is 1.00 bits per heavy atom. The zero-order valence-corrected chi connectivity index (χ0v) is 14.7. The quantitative estimate of drug-likeness (QED) is 0.471. The van der Waals surface area contributed by atoms with Crippen molar-refractivity contribution in [1.29, 1.82) is 0 Å². The van der Waals surface area contributed by atoms with Gasteiger partial charge in [0, 0.05) is 50.3 Å². The molecular weight excluding hydrogens is 334 g/mol. The Morgan fingerprint density at radius 3 is 2.19 bits per heavy atom. The fourth-order valence-corrected chi connectivity index (χ4v) is 3.52. The van der Waals surface area contributed by atoms with Gasteiger partial charge in [0.15, 0.2) is 0 Å². The molecule has 3 rings (SSSR count). The van der Waals surface area contributed by atoms with Crippen LogP contribution >= 0.6 is 0 Å². The van der Waals surface area contributed by atoms with Crippen molar-refractivity contribution in [2.75, 3.05) is 26.2 Å². The van der Waals surface area contributed by atoms with Gasteiger partial charge in [0.25, 0.3) is 5.69 Å². The minimum Gasteiger partial charge on any atom is -0.342 e. The van der Waals surface area contributed by atoms with Crippen LogP contribution in [-0.4, -0.2) is 52.7 Å². The van der Waals surface area contributed by atoms with E-state index in [-0.39, 0.29) is 23.4 Å². The van der Waals surface area contributed by atoms with Crippen molar-refractivity contribution in [3.63, 3.8) is 0 Å². The Bertz CT molecular complexity index is 700. The molecule has 1 aromatic carbocycles. The van der Waals surface area contributed by atoms with E-state index in [1.165, 1.54) is 18.2 Å². The number of nitro benzene ring substituents is 1. The lowest BCUT2D eigenvalue weighted by Gasteiger charge is -2.32. The number of hydrogen-bond donors (Lipinski definition) is 0. The average molecular weight is 357 g/mol. The van der Waals surface area contributed by atoms with Crippen LogP contribution in [0.5, 0.6) is 0 Å². The average Bonchev–Trinajstić information content (AvgIpc) is 3.20. The van der Waals surface area contributed by atoms with Gasteiger partial charge in [0.05, 0.1) is 4.92 Å². The summed E-state index contributed by atoms with van der Waals surface area (Å²) in [7, 11) is 0. The van der Waals surface area contributed by atoms with Crippen molar-refractivity contribution < 1.29 is 14.5 Å². The third-order valence-corrected chi connectivity index (χ3v) is 5.10. The zero-order chi connectivity index (χ0) is 18.5. The molecule has 7 nitrogen and oxygen atoms in total. The van der Waals surface area contributed by atoms with E-state index in [1.807, 2.05) is 4.90 Å². The highest BCUT2D eigenvalue weighted by atomic mass is 16.6. The van der Waals surface area contributed by atoms with Gasteiger partial charge in [0.2, 0.25) is 11.8 Å². The molecule has 0 radical (unpaired) electrons. The van der Waals surface area contributed by atoms with Crippen molar-refractivity contribution >= 4 is 23.6 Å². The van der Waals surface area contributed by atoms with Crippen LogP contribution < -0.4 is 0 Å². The second kappa shape index (κ2) is 8.12. The number of rotatable bonds is 4. The maximum absolute atomic E-state index is 12.4. The molecule has 138 valence electrons. The lowest BCUT2D eigenvalue weighted by atomic mass is 9.95. The number of hydrogen-bond acceptors (Lipinski definition) is 4. The van der Waals surface area contributed by atoms with Gasteiger partial charge in [-0.25, -0.2) is 0 Å². The molecule has 0 aromatic heterocycles. The highest BCUT2D eigenvalue weighted by molar-refractivity contribution is 5.92. The first kappa shape index (κ1) is 18.1. The van der Waals surface area contributed by atoms with Crippen LogP contribution in [0, 0.1) is 16.0 Å². The number of carbonyl (C=O) groups excluding carboxylic acids is 2. The van der Waals surface area contributed by atoms with E-state index in [0.29, 0.717) is 25.9 Å². The van der Waals surface area contributed by atoms with Crippen molar-refractivity contribution in [1.82, 2.24) is 9.80 Å². The normalized spacial score (nSPS) is 18.5. The molecule has 0 bridgehead atoms. The highest BCUT2D eigenvalue weighted by Crippen LogP contribution is 2.22. The lowest BCUT2D eigenvalue weighted by Crippen LogP contribution is -2.43. The largest absolute Gasteiger partial charge is 0.342 e. The van der Waals surface area contributed by atoms with Gasteiger partial charge in [-0.3, -0.25) is 19.7 Å². The Balaban J connectivity index is 1.50. The zero-order valence-electron chi connectivity index (χ0n) is 14.7. The van der Waals surface area contributed by atoms with Crippen molar-refractivity contribution in [2.45, 2.75) is 25.7 Å². The molecular formula is C19H23N3O4. The Labute approximate surface area is 152 Å². The van der Waals surface area contributed by atoms with Gasteiger partial charge in [0.1, 0.15) is 0 Å². The predicted molar refractivity (Wildman–Crippen MR) is 97.2 cm³/mol. The van der Waals surface area contributed by atoms with E-state index in [1.54, 1.807) is 23.1 Å². The summed E-state index contributed by atoms with van der Waals surface area (Å²) in [5.74, 6) is 0.197. The molecule has 0 unspecified atom stereocenters. The monoisotopic (exact) mass is 357 g/mol. The summed E-state index contributed by atoms with van der Waals surface area (Å²) in [5, 5.41) is 10.6. The van der Waals surface area contributed by atoms with Gasteiger partial charge < -0.3 is 9.80 Å². The summed E-state index contributed by atoms with van der Waals surface area (Å²) in [6, 6.07) is 6.06. The topological polar surface area (TPSA) is 83.8 Å². The first-order valence-electron chi connectivity index (χ1n) is 9.05. The number of nitro groups is 1. The van der Waals surface area contributed by atoms with Gasteiger partial charge in [-0.15, -0.1) is 0 Å². The summed E-state index contributed by atoms with van der Waals surface area (Å²) in [6.45, 7) is 2.92. The number of carbonyl (C=O) groups is 2. The van der Waals surface area contributed by atoms with Gasteiger partial charge in [-0.2, -0.15) is 0 Å². The van der Waals surface area contributed by atoms with Crippen LogP contribution in [0.1, 0.15) is 31.2 Å². The molecule has 0 aliphatic carbocycles. The van der Waals surface area contributed by atoms with Crippen molar-refractivity contribution in [2.24, 2.45) is 5.92 Å². The van der Waals surface area contributed by atoms with Gasteiger partial charge in [-0.1, -0.05) is 0 Å². The van der Waals surface area contributed by atoms with Crippen LogP contribution in [0.4, 0.5) is 5.69 Å². The molecule has 2 aliphatic rings. The molecule has 2 fully saturated rings. The van der Waals surface area contributed by atoms with Crippen molar-refractivity contribution in [3.8, 4) is 0 Å². The molecule has 2 aliphatic heterocycles. The second-order valence-corrected chi connectivity index (χ2v) is 6.81. The third-order valence-electron chi connectivity index (χ3n) is 5.10. The summed E-state index contributed by atoms with van der Waals surface area (Å²) >= 11 is 0. The fourth-order valence-electron chi connectivity index (χ4n) is 3.52. The number of benzene rings is 1. The van der Waals surface area contributed by atoms with E-state index in [4.69, 9.17) is 0 Å². The first-order chi connectivity index (χ1) is 12.5. The van der Waals surface area contributed by atoms with E-state index >= 15 is 0 Å². The van der Waals surface area contributed by atoms with Gasteiger partial charge in [-0.05, 0) is 49.5 Å². The first-order valence-corrected chi connectivity index (χ1v) is 9.05. The molecule has 1 aromatic rings. The van der Waals surface area contributed by atoms with E-state index in [2.05, 4.69) is 0 Å². The molecule has 26 heavy (non-hydrogen) atoms. The molecule has 0 atom stereocenters. The highest BCUT2D eigenvalue weighted by Gasteiger charge is 2.30. The standard InChI is InChI=1S/C19H23N3O4/c23-18(8-5-15-3-6-17(7-4-15)22(25)26)20-13-9-16(10-14-20)19(24)21-11-1-2-12-21/h3-8,16H,1-2,9-14H2/b8-5+. The molecule has 2 heterocycles. The summed E-state index contributed by atoms with van der Waals surface area (Å²) < 4.78 is 0. The second-order valence-electron chi connectivity index (χ2n) is 6.81. The van der Waals surface area contributed by atoms with Crippen LogP contribution in [0.15, 0.2) is 30.3 Å². The van der Waals surface area contributed by atoms with Crippen LogP contribution in [0.25, 0.3) is 6.08 Å². The number of piperidine rings is 1. The Hall–Kier alpha value is -2.70. The molecule has 0 saturated carbocycles. The Kier molecular flexibility index (Phi) is 5.65. The summed E-state index contributed by atoms with van der Waals surface area (Å²) in [4.78, 5) is 38.6. The number of non-ortho nitro benzene ring substituents is 1. The smallest absolute Gasteiger partial charge is 0.269 e. The fraction of sp³-hybridized carbons (Fsp3) is 0.474. The van der Waals surface area contributed by atoms with E-state index in [9.17, 15) is 19.7 Å². The van der Waals surface area contributed by atoms with Crippen molar-refractivity contribution in [3.05, 3.63) is 46.0 Å². The molecule has 0 spiro atoms. The van der Waals surface area contributed by atoms with E-state index < -0.39 is 4.92 Å². The summed E-state index contributed by atoms with van der Waals surface area (Å²) in [6.07, 6.45) is 6.77. The SMILES string of the molecule is O=C(/C=C/c1ccc([N+](=O)[O-])cc1)N1CCC(C(=O)N2CCCC2)CC1. The summed E-state index contributed by atoms with van der Waals surface area (Å²) in [5.41, 5.74) is 0.765. The lowest BCUT2D eigenvalue weighted by molar-refractivity contribution is -0.384. The Morgan fingerprint density at radius 2 is 1.62 bits per heavy atom. The molecule has 7 heteroatoms. The maximum atomic E-state index is 12.4. The van der Waals surface area contributed by atoms with Crippen LogP contribution in [-0.2, 0) is 9.59 Å². The molecule has 2 saturated heterocycles. The predicted octanol–water partition coefficient (Wildman–Crippen LogP) is 2.47. The molecule has 2 amide bonds. The number of likely N-dealkylation sites (tertiary alicyclic amines) is 2. The third kappa shape index (κ3) is 4.28. The molecule has 0 N–H and O–H groups in total. The van der Waals surface area contributed by atoms with Crippen LogP contribution in [0.3, 0.4) is 0 Å². The number of amides is 2. The number of nitrogens with zero attached hydrogens (tertiary/aromatic N) is 3. The van der Waals surface area contributed by atoms with E-state index in [0.717, 1.165) is 31.5 Å². The maximum Gasteiger partial charge on any atom is 0.269 e. The van der Waals surface area contributed by atoms with Gasteiger partial charge >= 0.3 is 0 Å². The van der Waals surface area contributed by atoms with Crippen LogP contribution in [0.2, 0.25) is 0 Å².